The summed E-state index contributed by atoms with van der Waals surface area (Å²) in [5.41, 5.74) is 1.09. The van der Waals surface area contributed by atoms with Crippen LogP contribution in [0, 0.1) is 12.8 Å². The van der Waals surface area contributed by atoms with E-state index >= 15 is 0 Å². The number of aromatic nitrogens is 2. The number of anilines is 2. The van der Waals surface area contributed by atoms with Gasteiger partial charge in [-0.25, -0.2) is 4.98 Å². The van der Waals surface area contributed by atoms with E-state index in [2.05, 4.69) is 27.5 Å². The van der Waals surface area contributed by atoms with Crippen LogP contribution < -0.4 is 10.6 Å². The van der Waals surface area contributed by atoms with E-state index in [1.807, 2.05) is 13.1 Å². The highest BCUT2D eigenvalue weighted by molar-refractivity contribution is 5.47. The molecule has 2 N–H and O–H groups in total. The van der Waals surface area contributed by atoms with Crippen LogP contribution in [0.2, 0.25) is 0 Å². The molecule has 2 aliphatic rings. The Kier molecular flexibility index (Phi) is 4.05. The molecule has 1 aliphatic heterocycles. The highest BCUT2D eigenvalue weighted by atomic mass is 16.5. The van der Waals surface area contributed by atoms with E-state index in [4.69, 9.17) is 4.74 Å². The predicted molar refractivity (Wildman–Crippen MR) is 80.0 cm³/mol. The number of nitrogens with one attached hydrogen (secondary N) is 2. The SMILES string of the molecule is CCCNc1ncc(C)c(NC2CCOC2C2CC2)n1. The summed E-state index contributed by atoms with van der Waals surface area (Å²) >= 11 is 0. The van der Waals surface area contributed by atoms with Crippen LogP contribution in [-0.2, 0) is 4.74 Å². The van der Waals surface area contributed by atoms with E-state index < -0.39 is 0 Å². The van der Waals surface area contributed by atoms with Gasteiger partial charge < -0.3 is 15.4 Å². The molecule has 2 fully saturated rings. The number of ether oxygens (including phenoxy) is 1. The topological polar surface area (TPSA) is 59.1 Å². The predicted octanol–water partition coefficient (Wildman–Crippen LogP) is 2.59. The second kappa shape index (κ2) is 5.95. The van der Waals surface area contributed by atoms with Crippen LogP contribution in [-0.4, -0.2) is 35.3 Å². The summed E-state index contributed by atoms with van der Waals surface area (Å²) < 4.78 is 5.88. The van der Waals surface area contributed by atoms with Crippen molar-refractivity contribution < 1.29 is 4.74 Å². The maximum absolute atomic E-state index is 5.88. The van der Waals surface area contributed by atoms with E-state index in [0.29, 0.717) is 18.1 Å². The fourth-order valence-electron chi connectivity index (χ4n) is 2.74. The van der Waals surface area contributed by atoms with Gasteiger partial charge in [0.05, 0.1) is 12.1 Å². The molecule has 3 rings (SSSR count). The Morgan fingerprint density at radius 3 is 2.95 bits per heavy atom. The van der Waals surface area contributed by atoms with Crippen molar-refractivity contribution in [2.24, 2.45) is 5.92 Å². The third kappa shape index (κ3) is 3.03. The first-order chi connectivity index (χ1) is 9.78. The molecule has 0 aromatic carbocycles. The number of hydrogen-bond acceptors (Lipinski definition) is 5. The standard InChI is InChI=1S/C15H24N4O/c1-3-7-16-15-17-9-10(2)14(19-15)18-12-6-8-20-13(12)11-4-5-11/h9,11-13H,3-8H2,1-2H3,(H2,16,17,18,19). The average molecular weight is 276 g/mol. The number of rotatable bonds is 6. The molecule has 110 valence electrons. The summed E-state index contributed by atoms with van der Waals surface area (Å²) in [5.74, 6) is 2.41. The maximum Gasteiger partial charge on any atom is 0.224 e. The van der Waals surface area contributed by atoms with Crippen LogP contribution in [0.4, 0.5) is 11.8 Å². The highest BCUT2D eigenvalue weighted by Crippen LogP contribution is 2.39. The quantitative estimate of drug-likeness (QED) is 0.836. The Morgan fingerprint density at radius 1 is 1.35 bits per heavy atom. The van der Waals surface area contributed by atoms with E-state index in [-0.39, 0.29) is 0 Å². The lowest BCUT2D eigenvalue weighted by molar-refractivity contribution is 0.0898. The minimum absolute atomic E-state index is 0.372. The van der Waals surface area contributed by atoms with Crippen molar-refractivity contribution in [1.29, 1.82) is 0 Å². The molecular weight excluding hydrogens is 252 g/mol. The first-order valence-corrected chi connectivity index (χ1v) is 7.73. The number of nitrogens with zero attached hydrogens (tertiary/aromatic N) is 2. The molecule has 1 saturated heterocycles. The van der Waals surface area contributed by atoms with Crippen molar-refractivity contribution in [3.63, 3.8) is 0 Å². The van der Waals surface area contributed by atoms with Gasteiger partial charge in [-0.1, -0.05) is 6.92 Å². The molecule has 1 aromatic heterocycles. The van der Waals surface area contributed by atoms with E-state index in [0.717, 1.165) is 43.3 Å². The molecule has 5 nitrogen and oxygen atoms in total. The lowest BCUT2D eigenvalue weighted by Crippen LogP contribution is -2.31. The normalized spacial score (nSPS) is 25.7. The Labute approximate surface area is 120 Å². The van der Waals surface area contributed by atoms with E-state index in [9.17, 15) is 0 Å². The Hall–Kier alpha value is -1.36. The number of hydrogen-bond donors (Lipinski definition) is 2. The summed E-state index contributed by atoms with van der Waals surface area (Å²) in [6.45, 7) is 5.95. The van der Waals surface area contributed by atoms with Gasteiger partial charge in [-0.15, -0.1) is 0 Å². The molecule has 2 heterocycles. The first kappa shape index (κ1) is 13.6. The Balaban J connectivity index is 1.68. The molecule has 2 atom stereocenters. The zero-order chi connectivity index (χ0) is 13.9. The summed E-state index contributed by atoms with van der Waals surface area (Å²) in [4.78, 5) is 8.92. The van der Waals surface area contributed by atoms with Crippen LogP contribution in [0.5, 0.6) is 0 Å². The van der Waals surface area contributed by atoms with Gasteiger partial charge in [0.25, 0.3) is 0 Å². The van der Waals surface area contributed by atoms with Gasteiger partial charge >= 0.3 is 0 Å². The lowest BCUT2D eigenvalue weighted by Gasteiger charge is -2.21. The first-order valence-electron chi connectivity index (χ1n) is 7.73. The molecule has 0 spiro atoms. The van der Waals surface area contributed by atoms with Gasteiger partial charge in [0, 0.05) is 24.9 Å². The Morgan fingerprint density at radius 2 is 2.20 bits per heavy atom. The fourth-order valence-corrected chi connectivity index (χ4v) is 2.74. The lowest BCUT2D eigenvalue weighted by atomic mass is 10.1. The summed E-state index contributed by atoms with van der Waals surface area (Å²) in [6, 6.07) is 0.398. The van der Waals surface area contributed by atoms with Crippen LogP contribution in [0.25, 0.3) is 0 Å². The van der Waals surface area contributed by atoms with Crippen LogP contribution in [0.1, 0.15) is 38.2 Å². The average Bonchev–Trinajstić information content (AvgIpc) is 3.20. The fraction of sp³-hybridized carbons (Fsp3) is 0.733. The molecule has 2 unspecified atom stereocenters. The molecule has 0 radical (unpaired) electrons. The molecule has 1 saturated carbocycles. The molecular formula is C15H24N4O. The van der Waals surface area contributed by atoms with Crippen LogP contribution in [0.15, 0.2) is 6.20 Å². The van der Waals surface area contributed by atoms with E-state index in [1.54, 1.807) is 0 Å². The van der Waals surface area contributed by atoms with Crippen molar-refractivity contribution in [3.05, 3.63) is 11.8 Å². The zero-order valence-electron chi connectivity index (χ0n) is 12.4. The van der Waals surface area contributed by atoms with Gasteiger partial charge in [0.15, 0.2) is 0 Å². The van der Waals surface area contributed by atoms with Crippen molar-refractivity contribution in [2.45, 2.75) is 51.7 Å². The van der Waals surface area contributed by atoms with Crippen molar-refractivity contribution in [1.82, 2.24) is 9.97 Å². The largest absolute Gasteiger partial charge is 0.376 e. The summed E-state index contributed by atoms with van der Waals surface area (Å²) in [5, 5.41) is 6.82. The maximum atomic E-state index is 5.88. The molecule has 1 aromatic rings. The third-order valence-electron chi connectivity index (χ3n) is 4.05. The number of aryl methyl sites for hydroxylation is 1. The van der Waals surface area contributed by atoms with Crippen molar-refractivity contribution in [2.75, 3.05) is 23.8 Å². The van der Waals surface area contributed by atoms with Crippen molar-refractivity contribution in [3.8, 4) is 0 Å². The minimum atomic E-state index is 0.372. The minimum Gasteiger partial charge on any atom is -0.376 e. The monoisotopic (exact) mass is 276 g/mol. The molecule has 0 bridgehead atoms. The second-order valence-corrected chi connectivity index (χ2v) is 5.86. The molecule has 0 amide bonds. The zero-order valence-corrected chi connectivity index (χ0v) is 12.4. The molecule has 20 heavy (non-hydrogen) atoms. The van der Waals surface area contributed by atoms with Gasteiger partial charge in [-0.2, -0.15) is 4.98 Å². The highest BCUT2D eigenvalue weighted by Gasteiger charge is 2.40. The van der Waals surface area contributed by atoms with Gasteiger partial charge in [0.1, 0.15) is 5.82 Å². The third-order valence-corrected chi connectivity index (χ3v) is 4.05. The molecule has 1 aliphatic carbocycles. The van der Waals surface area contributed by atoms with E-state index in [1.165, 1.54) is 12.8 Å². The van der Waals surface area contributed by atoms with Crippen molar-refractivity contribution >= 4 is 11.8 Å². The van der Waals surface area contributed by atoms with Gasteiger partial charge in [0.2, 0.25) is 5.95 Å². The summed E-state index contributed by atoms with van der Waals surface area (Å²) in [7, 11) is 0. The molecule has 5 heteroatoms. The smallest absolute Gasteiger partial charge is 0.224 e. The Bertz CT molecular complexity index is 461. The van der Waals surface area contributed by atoms with Gasteiger partial charge in [-0.05, 0) is 38.5 Å². The second-order valence-electron chi connectivity index (χ2n) is 5.86. The summed E-state index contributed by atoms with van der Waals surface area (Å²) in [6.07, 6.45) is 7.03. The van der Waals surface area contributed by atoms with Crippen LogP contribution in [0.3, 0.4) is 0 Å². The van der Waals surface area contributed by atoms with Crippen LogP contribution >= 0.6 is 0 Å². The van der Waals surface area contributed by atoms with Gasteiger partial charge in [-0.3, -0.25) is 0 Å².